The monoisotopic (exact) mass is 247 g/mol. The van der Waals surface area contributed by atoms with Crippen LogP contribution in [-0.2, 0) is 9.09 Å². The highest BCUT2D eigenvalue weighted by Gasteiger charge is 2.21. The van der Waals surface area contributed by atoms with Gasteiger partial charge in [-0.1, -0.05) is 30.3 Å². The molecule has 1 aromatic rings. The highest BCUT2D eigenvalue weighted by atomic mass is 31.2. The zero-order valence-electron chi connectivity index (χ0n) is 8.43. The first kappa shape index (κ1) is 13.3. The Kier molecular flexibility index (Phi) is 4.61. The van der Waals surface area contributed by atoms with Gasteiger partial charge in [-0.25, -0.2) is 4.57 Å². The SMILES string of the molecule is N[C@@H](COP(=O)(O)O)[C@@H](O)c1ccccc1. The molecule has 0 fully saturated rings. The summed E-state index contributed by atoms with van der Waals surface area (Å²) in [6.07, 6.45) is -1.02. The van der Waals surface area contributed by atoms with Crippen molar-refractivity contribution in [3.63, 3.8) is 0 Å². The maximum Gasteiger partial charge on any atom is 0.469 e. The zero-order chi connectivity index (χ0) is 12.2. The molecule has 16 heavy (non-hydrogen) atoms. The predicted molar refractivity (Wildman–Crippen MR) is 57.4 cm³/mol. The molecule has 0 bridgehead atoms. The van der Waals surface area contributed by atoms with Crippen LogP contribution in [0.1, 0.15) is 11.7 Å². The minimum Gasteiger partial charge on any atom is -0.387 e. The molecule has 5 N–H and O–H groups in total. The fourth-order valence-corrected chi connectivity index (χ4v) is 1.54. The van der Waals surface area contributed by atoms with E-state index < -0.39 is 26.6 Å². The number of aliphatic hydroxyl groups is 1. The average molecular weight is 247 g/mol. The second-order valence-electron chi connectivity index (χ2n) is 3.31. The van der Waals surface area contributed by atoms with Crippen molar-refractivity contribution in [1.29, 1.82) is 0 Å². The first-order chi connectivity index (χ1) is 7.40. The summed E-state index contributed by atoms with van der Waals surface area (Å²) in [6, 6.07) is 7.69. The molecular formula is C9H14NO5P. The van der Waals surface area contributed by atoms with E-state index in [0.29, 0.717) is 5.56 Å². The van der Waals surface area contributed by atoms with Gasteiger partial charge in [-0.2, -0.15) is 0 Å². The Morgan fingerprint density at radius 2 is 1.88 bits per heavy atom. The number of hydrogen-bond acceptors (Lipinski definition) is 4. The molecule has 1 aromatic carbocycles. The second kappa shape index (κ2) is 5.54. The van der Waals surface area contributed by atoms with E-state index in [1.165, 1.54) is 0 Å². The van der Waals surface area contributed by atoms with Gasteiger partial charge in [-0.3, -0.25) is 4.52 Å². The van der Waals surface area contributed by atoms with Gasteiger partial charge < -0.3 is 20.6 Å². The first-order valence-corrected chi connectivity index (χ1v) is 6.12. The number of benzene rings is 1. The summed E-state index contributed by atoms with van der Waals surface area (Å²) in [5, 5.41) is 9.73. The van der Waals surface area contributed by atoms with Crippen LogP contribution >= 0.6 is 7.82 Å². The molecule has 0 saturated carbocycles. The van der Waals surface area contributed by atoms with E-state index in [1.807, 2.05) is 0 Å². The molecule has 0 radical (unpaired) electrons. The van der Waals surface area contributed by atoms with E-state index in [4.69, 9.17) is 15.5 Å². The van der Waals surface area contributed by atoms with Crippen molar-refractivity contribution in [3.05, 3.63) is 35.9 Å². The number of rotatable bonds is 5. The number of nitrogens with two attached hydrogens (primary N) is 1. The lowest BCUT2D eigenvalue weighted by Crippen LogP contribution is -2.32. The van der Waals surface area contributed by atoms with Crippen molar-refractivity contribution in [2.24, 2.45) is 5.73 Å². The third kappa shape index (κ3) is 4.40. The predicted octanol–water partition coefficient (Wildman–Crippen LogP) is 0.157. The lowest BCUT2D eigenvalue weighted by Gasteiger charge is -2.19. The molecule has 2 atom stereocenters. The fraction of sp³-hybridized carbons (Fsp3) is 0.333. The fourth-order valence-electron chi connectivity index (χ4n) is 1.17. The van der Waals surface area contributed by atoms with Gasteiger partial charge in [0.1, 0.15) is 0 Å². The molecule has 0 saturated heterocycles. The Balaban J connectivity index is 2.55. The molecule has 1 rings (SSSR count). The van der Waals surface area contributed by atoms with Crippen LogP contribution < -0.4 is 5.73 Å². The van der Waals surface area contributed by atoms with Crippen molar-refractivity contribution in [2.75, 3.05) is 6.61 Å². The summed E-state index contributed by atoms with van der Waals surface area (Å²) in [4.78, 5) is 16.9. The van der Waals surface area contributed by atoms with Crippen LogP contribution in [0.15, 0.2) is 30.3 Å². The van der Waals surface area contributed by atoms with Crippen LogP contribution in [-0.4, -0.2) is 27.5 Å². The van der Waals surface area contributed by atoms with Gasteiger partial charge in [0.25, 0.3) is 0 Å². The van der Waals surface area contributed by atoms with Gasteiger partial charge in [0.15, 0.2) is 0 Å². The van der Waals surface area contributed by atoms with Crippen LogP contribution in [0, 0.1) is 0 Å². The Morgan fingerprint density at radius 3 is 2.38 bits per heavy atom. The van der Waals surface area contributed by atoms with Crippen molar-refractivity contribution in [3.8, 4) is 0 Å². The van der Waals surface area contributed by atoms with Crippen molar-refractivity contribution in [1.82, 2.24) is 0 Å². The Bertz CT molecular complexity index is 365. The summed E-state index contributed by atoms with van der Waals surface area (Å²) in [6.45, 7) is -0.416. The molecule has 0 heterocycles. The summed E-state index contributed by atoms with van der Waals surface area (Å²) in [5.41, 5.74) is 6.11. The maximum atomic E-state index is 10.4. The normalized spacial score (nSPS) is 15.8. The van der Waals surface area contributed by atoms with Crippen LogP contribution in [0.2, 0.25) is 0 Å². The minimum atomic E-state index is -4.54. The van der Waals surface area contributed by atoms with Crippen molar-refractivity contribution in [2.45, 2.75) is 12.1 Å². The molecule has 0 aliphatic heterocycles. The molecule has 7 heteroatoms. The van der Waals surface area contributed by atoms with Gasteiger partial charge in [0, 0.05) is 0 Å². The third-order valence-corrected chi connectivity index (χ3v) is 2.47. The van der Waals surface area contributed by atoms with Gasteiger partial charge in [-0.05, 0) is 5.56 Å². The molecule has 0 unspecified atom stereocenters. The molecule has 90 valence electrons. The van der Waals surface area contributed by atoms with Crippen LogP contribution in [0.3, 0.4) is 0 Å². The van der Waals surface area contributed by atoms with Crippen molar-refractivity contribution < 1.29 is 24.0 Å². The highest BCUT2D eigenvalue weighted by Crippen LogP contribution is 2.36. The van der Waals surface area contributed by atoms with E-state index in [1.54, 1.807) is 30.3 Å². The summed E-state index contributed by atoms with van der Waals surface area (Å²) < 4.78 is 14.6. The molecule has 0 amide bonds. The van der Waals surface area contributed by atoms with Crippen LogP contribution in [0.5, 0.6) is 0 Å². The van der Waals surface area contributed by atoms with E-state index in [2.05, 4.69) is 4.52 Å². The zero-order valence-corrected chi connectivity index (χ0v) is 9.33. The number of phosphoric ester groups is 1. The van der Waals surface area contributed by atoms with Gasteiger partial charge in [0.05, 0.1) is 18.8 Å². The third-order valence-electron chi connectivity index (χ3n) is 1.98. The standard InChI is InChI=1S/C9H14NO5P/c10-8(6-15-16(12,13)14)9(11)7-4-2-1-3-5-7/h1-5,8-9,11H,6,10H2,(H2,12,13,14)/t8-,9-/m0/s1. The Hall–Kier alpha value is -0.750. The minimum absolute atomic E-state index is 0.416. The van der Waals surface area contributed by atoms with Gasteiger partial charge in [-0.15, -0.1) is 0 Å². The number of phosphoric acid groups is 1. The van der Waals surface area contributed by atoms with E-state index in [9.17, 15) is 9.67 Å². The lowest BCUT2D eigenvalue weighted by atomic mass is 10.0. The second-order valence-corrected chi connectivity index (χ2v) is 4.55. The Labute approximate surface area is 92.9 Å². The summed E-state index contributed by atoms with van der Waals surface area (Å²) in [5.74, 6) is 0. The van der Waals surface area contributed by atoms with Gasteiger partial charge >= 0.3 is 7.82 Å². The lowest BCUT2D eigenvalue weighted by molar-refractivity contribution is 0.102. The van der Waals surface area contributed by atoms with Crippen molar-refractivity contribution >= 4 is 7.82 Å². The van der Waals surface area contributed by atoms with Crippen LogP contribution in [0.4, 0.5) is 0 Å². The van der Waals surface area contributed by atoms with E-state index >= 15 is 0 Å². The number of aliphatic hydroxyl groups excluding tert-OH is 1. The van der Waals surface area contributed by atoms with Crippen LogP contribution in [0.25, 0.3) is 0 Å². The van der Waals surface area contributed by atoms with Gasteiger partial charge in [0.2, 0.25) is 0 Å². The Morgan fingerprint density at radius 1 is 1.31 bits per heavy atom. The first-order valence-electron chi connectivity index (χ1n) is 4.59. The number of hydrogen-bond donors (Lipinski definition) is 4. The quantitative estimate of drug-likeness (QED) is 0.551. The smallest absolute Gasteiger partial charge is 0.387 e. The molecule has 0 spiro atoms. The molecular weight excluding hydrogens is 233 g/mol. The molecule has 0 aliphatic rings. The summed E-state index contributed by atoms with van der Waals surface area (Å²) in [7, 11) is -4.54. The largest absolute Gasteiger partial charge is 0.469 e. The molecule has 6 nitrogen and oxygen atoms in total. The van der Waals surface area contributed by atoms with E-state index in [-0.39, 0.29) is 0 Å². The highest BCUT2D eigenvalue weighted by molar-refractivity contribution is 7.46. The average Bonchev–Trinajstić information content (AvgIpc) is 2.25. The molecule has 0 aliphatic carbocycles. The molecule has 0 aromatic heterocycles. The van der Waals surface area contributed by atoms with E-state index in [0.717, 1.165) is 0 Å². The topological polar surface area (TPSA) is 113 Å². The maximum absolute atomic E-state index is 10.4. The summed E-state index contributed by atoms with van der Waals surface area (Å²) >= 11 is 0.